The number of nitrogens with one attached hydrogen (secondary N) is 2. The maximum Gasteiger partial charge on any atom is 0.293 e. The van der Waals surface area contributed by atoms with Crippen LogP contribution in [-0.4, -0.2) is 21.0 Å². The summed E-state index contributed by atoms with van der Waals surface area (Å²) in [4.78, 5) is 22.9. The summed E-state index contributed by atoms with van der Waals surface area (Å²) in [6.07, 6.45) is 0. The minimum Gasteiger partial charge on any atom is -0.459 e. The zero-order valence-corrected chi connectivity index (χ0v) is 17.8. The van der Waals surface area contributed by atoms with E-state index in [0.29, 0.717) is 28.5 Å². The van der Waals surface area contributed by atoms with E-state index in [9.17, 15) is 14.9 Å². The lowest BCUT2D eigenvalue weighted by Crippen LogP contribution is -2.33. The molecule has 0 unspecified atom stereocenters. The molecule has 0 aliphatic carbocycles. The topological polar surface area (TPSA) is 131 Å². The summed E-state index contributed by atoms with van der Waals surface area (Å²) in [6.45, 7) is -0.171. The first-order chi connectivity index (χ1) is 15.9. The highest BCUT2D eigenvalue weighted by atomic mass is 32.1. The van der Waals surface area contributed by atoms with Gasteiger partial charge in [0.05, 0.1) is 4.92 Å². The van der Waals surface area contributed by atoms with E-state index in [2.05, 4.69) is 10.6 Å². The number of nitrogens with zero attached hydrogens (tertiary/aromatic N) is 1. The number of furan rings is 2. The van der Waals surface area contributed by atoms with E-state index in [1.807, 2.05) is 12.1 Å². The van der Waals surface area contributed by atoms with Gasteiger partial charge in [-0.3, -0.25) is 20.2 Å². The molecule has 0 atom stereocenters. The van der Waals surface area contributed by atoms with Crippen molar-refractivity contribution >= 4 is 34.6 Å². The van der Waals surface area contributed by atoms with Crippen molar-refractivity contribution in [3.8, 4) is 22.6 Å². The molecule has 3 N–H and O–H groups in total. The van der Waals surface area contributed by atoms with E-state index < -0.39 is 10.8 Å². The Hall–Kier alpha value is -4.28. The molecule has 2 aromatic carbocycles. The molecular weight excluding hydrogens is 446 g/mol. The van der Waals surface area contributed by atoms with E-state index in [1.54, 1.807) is 36.4 Å². The summed E-state index contributed by atoms with van der Waals surface area (Å²) < 4.78 is 11.0. The fourth-order valence-electron chi connectivity index (χ4n) is 3.05. The molecule has 9 nitrogen and oxygen atoms in total. The Morgan fingerprint density at radius 3 is 2.39 bits per heavy atom. The fourth-order valence-corrected chi connectivity index (χ4v) is 3.26. The Morgan fingerprint density at radius 1 is 0.970 bits per heavy atom. The highest BCUT2D eigenvalue weighted by Gasteiger charge is 2.15. The molecule has 0 saturated heterocycles. The van der Waals surface area contributed by atoms with Crippen LogP contribution in [0, 0.1) is 10.1 Å². The highest BCUT2D eigenvalue weighted by Crippen LogP contribution is 2.26. The number of aliphatic hydroxyl groups is 1. The molecule has 0 saturated carbocycles. The monoisotopic (exact) mass is 463 g/mol. The van der Waals surface area contributed by atoms with E-state index >= 15 is 0 Å². The van der Waals surface area contributed by atoms with E-state index in [4.69, 9.17) is 26.2 Å². The SMILES string of the molecule is O=C(NC(=S)Nc1ccc(-c2ccc(CO)o2)cc1)c1ccc(-c2cccc([N+](=O)[O-])c2)o1. The summed E-state index contributed by atoms with van der Waals surface area (Å²) >= 11 is 5.20. The number of non-ortho nitro benzene ring substituents is 1. The molecule has 1 amide bonds. The van der Waals surface area contributed by atoms with Gasteiger partial charge in [0.2, 0.25) is 0 Å². The first-order valence-corrected chi connectivity index (χ1v) is 10.1. The first kappa shape index (κ1) is 21.9. The number of hydrogen-bond acceptors (Lipinski definition) is 7. The largest absolute Gasteiger partial charge is 0.459 e. The van der Waals surface area contributed by atoms with Gasteiger partial charge in [-0.25, -0.2) is 0 Å². The number of amides is 1. The summed E-state index contributed by atoms with van der Waals surface area (Å²) in [7, 11) is 0. The lowest BCUT2D eigenvalue weighted by molar-refractivity contribution is -0.384. The summed E-state index contributed by atoms with van der Waals surface area (Å²) in [5.74, 6) is 0.864. The number of aliphatic hydroxyl groups excluding tert-OH is 1. The number of carbonyl (C=O) groups excluding carboxylic acids is 1. The third kappa shape index (κ3) is 5.14. The number of carbonyl (C=O) groups is 1. The molecule has 0 spiro atoms. The van der Waals surface area contributed by atoms with Crippen LogP contribution in [0.15, 0.2) is 81.6 Å². The van der Waals surface area contributed by atoms with Gasteiger partial charge in [0, 0.05) is 28.9 Å². The van der Waals surface area contributed by atoms with Crippen LogP contribution in [0.4, 0.5) is 11.4 Å². The molecular formula is C23H17N3O6S. The molecule has 33 heavy (non-hydrogen) atoms. The van der Waals surface area contributed by atoms with E-state index in [-0.39, 0.29) is 23.2 Å². The third-order valence-electron chi connectivity index (χ3n) is 4.64. The maximum atomic E-state index is 12.5. The van der Waals surface area contributed by atoms with Gasteiger partial charge >= 0.3 is 0 Å². The number of nitro groups is 1. The molecule has 0 aliphatic rings. The number of anilines is 1. The van der Waals surface area contributed by atoms with Gasteiger partial charge in [0.15, 0.2) is 10.9 Å². The Morgan fingerprint density at radius 2 is 1.70 bits per heavy atom. The number of thiocarbonyl (C=S) groups is 1. The molecule has 0 fully saturated rings. The second-order valence-corrected chi connectivity index (χ2v) is 7.29. The van der Waals surface area contributed by atoms with Gasteiger partial charge in [-0.15, -0.1) is 0 Å². The van der Waals surface area contributed by atoms with Gasteiger partial charge < -0.3 is 19.3 Å². The molecule has 166 valence electrons. The fraction of sp³-hybridized carbons (Fsp3) is 0.0435. The van der Waals surface area contributed by atoms with Crippen LogP contribution in [-0.2, 0) is 6.61 Å². The van der Waals surface area contributed by atoms with Crippen molar-refractivity contribution in [1.82, 2.24) is 5.32 Å². The second kappa shape index (κ2) is 9.47. The van der Waals surface area contributed by atoms with Crippen LogP contribution in [0.5, 0.6) is 0 Å². The highest BCUT2D eigenvalue weighted by molar-refractivity contribution is 7.80. The minimum absolute atomic E-state index is 0.00788. The average molecular weight is 463 g/mol. The molecule has 0 bridgehead atoms. The quantitative estimate of drug-likeness (QED) is 0.212. The van der Waals surface area contributed by atoms with Crippen molar-refractivity contribution < 1.29 is 23.7 Å². The Bertz CT molecular complexity index is 1330. The number of benzene rings is 2. The molecule has 4 rings (SSSR count). The van der Waals surface area contributed by atoms with E-state index in [1.165, 1.54) is 24.3 Å². The second-order valence-electron chi connectivity index (χ2n) is 6.88. The lowest BCUT2D eigenvalue weighted by Gasteiger charge is -2.09. The Labute approximate surface area is 192 Å². The summed E-state index contributed by atoms with van der Waals surface area (Å²) in [5, 5.41) is 25.6. The van der Waals surface area contributed by atoms with Crippen LogP contribution in [0.1, 0.15) is 16.3 Å². The van der Waals surface area contributed by atoms with Crippen LogP contribution in [0.25, 0.3) is 22.6 Å². The molecule has 0 aliphatic heterocycles. The van der Waals surface area contributed by atoms with Crippen molar-refractivity contribution in [3.63, 3.8) is 0 Å². The summed E-state index contributed by atoms with van der Waals surface area (Å²) in [6, 6.07) is 19.6. The number of rotatable bonds is 6. The molecule has 4 aromatic rings. The van der Waals surface area contributed by atoms with Crippen LogP contribution >= 0.6 is 12.2 Å². The Balaban J connectivity index is 1.37. The van der Waals surface area contributed by atoms with Crippen molar-refractivity contribution in [2.45, 2.75) is 6.61 Å². The van der Waals surface area contributed by atoms with E-state index in [0.717, 1.165) is 5.56 Å². The molecule has 2 heterocycles. The van der Waals surface area contributed by atoms with Crippen LogP contribution in [0.3, 0.4) is 0 Å². The predicted molar refractivity (Wildman–Crippen MR) is 125 cm³/mol. The van der Waals surface area contributed by atoms with Gasteiger partial charge in [-0.05, 0) is 60.7 Å². The van der Waals surface area contributed by atoms with Crippen LogP contribution < -0.4 is 10.6 Å². The maximum absolute atomic E-state index is 12.5. The third-order valence-corrected chi connectivity index (χ3v) is 4.85. The minimum atomic E-state index is -0.562. The molecule has 2 aromatic heterocycles. The standard InChI is InChI=1S/C23H17N3O6S/c27-13-18-8-9-19(31-18)14-4-6-16(7-5-14)24-23(33)25-22(28)21-11-10-20(32-21)15-2-1-3-17(12-15)26(29)30/h1-12,27H,13H2,(H2,24,25,28,33). The lowest BCUT2D eigenvalue weighted by atomic mass is 10.1. The average Bonchev–Trinajstić information content (AvgIpc) is 3.50. The summed E-state index contributed by atoms with van der Waals surface area (Å²) in [5.41, 5.74) is 1.87. The van der Waals surface area contributed by atoms with Gasteiger partial charge in [-0.1, -0.05) is 12.1 Å². The van der Waals surface area contributed by atoms with Crippen LogP contribution in [0.2, 0.25) is 0 Å². The van der Waals surface area contributed by atoms with Crippen molar-refractivity contribution in [1.29, 1.82) is 0 Å². The Kier molecular flexibility index (Phi) is 6.29. The van der Waals surface area contributed by atoms with Gasteiger partial charge in [-0.2, -0.15) is 0 Å². The van der Waals surface area contributed by atoms with Crippen molar-refractivity contribution in [2.24, 2.45) is 0 Å². The van der Waals surface area contributed by atoms with Gasteiger partial charge in [0.25, 0.3) is 11.6 Å². The number of nitro benzene ring substituents is 1. The predicted octanol–water partition coefficient (Wildman–Crippen LogP) is 4.73. The normalized spacial score (nSPS) is 10.6. The van der Waals surface area contributed by atoms with Crippen molar-refractivity contribution in [3.05, 3.63) is 94.4 Å². The van der Waals surface area contributed by atoms with Gasteiger partial charge in [0.1, 0.15) is 23.9 Å². The zero-order valence-electron chi connectivity index (χ0n) is 17.0. The molecule has 10 heteroatoms. The van der Waals surface area contributed by atoms with Crippen molar-refractivity contribution in [2.75, 3.05) is 5.32 Å². The molecule has 0 radical (unpaired) electrons. The smallest absolute Gasteiger partial charge is 0.293 e. The zero-order chi connectivity index (χ0) is 23.4. The first-order valence-electron chi connectivity index (χ1n) is 9.70. The number of hydrogen-bond donors (Lipinski definition) is 3.